The maximum atomic E-state index is 9.84. The summed E-state index contributed by atoms with van der Waals surface area (Å²) in [5.74, 6) is 0.890. The highest BCUT2D eigenvalue weighted by atomic mass is 16.7. The van der Waals surface area contributed by atoms with Gasteiger partial charge in [-0.3, -0.25) is 0 Å². The van der Waals surface area contributed by atoms with E-state index in [9.17, 15) is 10.2 Å². The summed E-state index contributed by atoms with van der Waals surface area (Å²) in [4.78, 5) is 0. The van der Waals surface area contributed by atoms with Crippen molar-refractivity contribution in [1.82, 2.24) is 0 Å². The number of methoxy groups -OCH3 is 2. The van der Waals surface area contributed by atoms with Gasteiger partial charge in [0.2, 0.25) is 0 Å². The fraction of sp³-hybridized carbons (Fsp3) is 0.154. The van der Waals surface area contributed by atoms with Gasteiger partial charge in [-0.05, 0) is 46.5 Å². The Bertz CT molecular complexity index is 984. The van der Waals surface area contributed by atoms with Crippen LogP contribution in [0.3, 0.4) is 0 Å². The fourth-order valence-electron chi connectivity index (χ4n) is 2.85. The maximum Gasteiger partial charge on any atom is 0.188 e. The second-order valence-corrected chi connectivity index (χ2v) is 6.89. The molecule has 0 heterocycles. The molecule has 6 heteroatoms. The minimum atomic E-state index is 0.0707. The molecule has 0 aromatic heterocycles. The quantitative estimate of drug-likeness (QED) is 0.328. The van der Waals surface area contributed by atoms with Crippen molar-refractivity contribution in [1.29, 1.82) is 0 Å². The molecule has 0 aliphatic heterocycles. The zero-order valence-corrected chi connectivity index (χ0v) is 18.0. The Morgan fingerprint density at radius 2 is 0.906 bits per heavy atom. The molecule has 0 radical (unpaired) electrons. The lowest BCUT2D eigenvalue weighted by Crippen LogP contribution is -1.99. The molecule has 0 unspecified atom stereocenters. The molecule has 0 atom stereocenters. The van der Waals surface area contributed by atoms with Crippen molar-refractivity contribution >= 4 is 24.3 Å². The molecule has 0 bridgehead atoms. The molecule has 3 aromatic rings. The zero-order chi connectivity index (χ0) is 22.8. The first-order chi connectivity index (χ1) is 15.6. The summed E-state index contributed by atoms with van der Waals surface area (Å²) in [6.45, 7) is 0.142. The van der Waals surface area contributed by atoms with Crippen LogP contribution in [0.4, 0.5) is 0 Å². The highest BCUT2D eigenvalue weighted by molar-refractivity contribution is 5.74. The van der Waals surface area contributed by atoms with Crippen LogP contribution in [0.25, 0.3) is 24.3 Å². The molecule has 166 valence electrons. The number of hydrogen-bond donors (Lipinski definition) is 2. The zero-order valence-electron chi connectivity index (χ0n) is 18.0. The molecule has 0 fully saturated rings. The van der Waals surface area contributed by atoms with Gasteiger partial charge in [0.15, 0.2) is 36.6 Å². The SMILES string of the molecule is COCOc1cc(/C=C/c2ccc(/C=C/c3ccc(O)c(OCOC)c3)cc2)ccc1O. The number of rotatable bonds is 10. The van der Waals surface area contributed by atoms with Crippen molar-refractivity contribution in [2.45, 2.75) is 0 Å². The first-order valence-electron chi connectivity index (χ1n) is 9.95. The first-order valence-corrected chi connectivity index (χ1v) is 9.95. The Kier molecular flexibility index (Phi) is 8.31. The summed E-state index contributed by atoms with van der Waals surface area (Å²) in [5, 5.41) is 19.7. The van der Waals surface area contributed by atoms with Crippen LogP contribution in [0.15, 0.2) is 60.7 Å². The van der Waals surface area contributed by atoms with Gasteiger partial charge in [-0.2, -0.15) is 0 Å². The molecule has 32 heavy (non-hydrogen) atoms. The van der Waals surface area contributed by atoms with Gasteiger partial charge in [-0.25, -0.2) is 0 Å². The Labute approximate surface area is 187 Å². The Hall–Kier alpha value is -3.74. The highest BCUT2D eigenvalue weighted by Crippen LogP contribution is 2.28. The summed E-state index contributed by atoms with van der Waals surface area (Å²) in [6.07, 6.45) is 7.86. The van der Waals surface area contributed by atoms with Gasteiger partial charge < -0.3 is 29.2 Å². The van der Waals surface area contributed by atoms with Crippen LogP contribution in [0, 0.1) is 0 Å². The normalized spacial score (nSPS) is 11.3. The molecule has 0 aliphatic carbocycles. The molecular weight excluding hydrogens is 408 g/mol. The van der Waals surface area contributed by atoms with Crippen LogP contribution >= 0.6 is 0 Å². The number of aromatic hydroxyl groups is 2. The van der Waals surface area contributed by atoms with Crippen LogP contribution in [0.1, 0.15) is 22.3 Å². The van der Waals surface area contributed by atoms with E-state index in [-0.39, 0.29) is 25.1 Å². The lowest BCUT2D eigenvalue weighted by molar-refractivity contribution is 0.0491. The van der Waals surface area contributed by atoms with E-state index in [1.807, 2.05) is 60.7 Å². The summed E-state index contributed by atoms with van der Waals surface area (Å²) in [7, 11) is 3.05. The predicted molar refractivity (Wildman–Crippen MR) is 126 cm³/mol. The van der Waals surface area contributed by atoms with E-state index in [1.54, 1.807) is 24.3 Å². The van der Waals surface area contributed by atoms with E-state index in [0.717, 1.165) is 22.3 Å². The van der Waals surface area contributed by atoms with E-state index >= 15 is 0 Å². The third-order valence-electron chi connectivity index (χ3n) is 4.51. The topological polar surface area (TPSA) is 77.4 Å². The Balaban J connectivity index is 1.65. The van der Waals surface area contributed by atoms with Crippen LogP contribution in [0.2, 0.25) is 0 Å². The van der Waals surface area contributed by atoms with Gasteiger partial charge in [0, 0.05) is 14.2 Å². The summed E-state index contributed by atoms with van der Waals surface area (Å²) in [5.41, 5.74) is 3.87. The van der Waals surface area contributed by atoms with Crippen LogP contribution in [-0.2, 0) is 9.47 Å². The minimum absolute atomic E-state index is 0.0707. The average molecular weight is 434 g/mol. The Morgan fingerprint density at radius 1 is 0.562 bits per heavy atom. The molecular formula is C26H26O6. The third kappa shape index (κ3) is 6.63. The lowest BCUT2D eigenvalue weighted by Gasteiger charge is -2.07. The largest absolute Gasteiger partial charge is 0.504 e. The van der Waals surface area contributed by atoms with Gasteiger partial charge in [0.25, 0.3) is 0 Å². The summed E-state index contributed by atoms with van der Waals surface area (Å²) in [6, 6.07) is 18.4. The van der Waals surface area contributed by atoms with Crippen LogP contribution in [-0.4, -0.2) is 38.0 Å². The van der Waals surface area contributed by atoms with Gasteiger partial charge in [-0.15, -0.1) is 0 Å². The van der Waals surface area contributed by atoms with Crippen molar-refractivity contribution in [3.05, 3.63) is 82.9 Å². The smallest absolute Gasteiger partial charge is 0.188 e. The number of hydrogen-bond acceptors (Lipinski definition) is 6. The van der Waals surface area contributed by atoms with Crippen molar-refractivity contribution in [3.8, 4) is 23.0 Å². The molecule has 6 nitrogen and oxygen atoms in total. The molecule has 0 saturated carbocycles. The standard InChI is InChI=1S/C26H26O6/c1-29-17-31-25-15-21(11-13-23(25)27)9-7-19-3-5-20(6-4-19)8-10-22-12-14-24(28)26(16-22)32-18-30-2/h3-16,27-28H,17-18H2,1-2H3/b9-7+,10-8+. The molecule has 0 spiro atoms. The van der Waals surface area contributed by atoms with Crippen LogP contribution in [0.5, 0.6) is 23.0 Å². The fourth-order valence-corrected chi connectivity index (χ4v) is 2.85. The third-order valence-corrected chi connectivity index (χ3v) is 4.51. The van der Waals surface area contributed by atoms with Gasteiger partial charge in [0.1, 0.15) is 0 Å². The highest BCUT2D eigenvalue weighted by Gasteiger charge is 2.03. The number of phenols is 2. The van der Waals surface area contributed by atoms with Crippen molar-refractivity contribution in [2.24, 2.45) is 0 Å². The maximum absolute atomic E-state index is 9.84. The molecule has 0 saturated heterocycles. The second kappa shape index (κ2) is 11.6. The second-order valence-electron chi connectivity index (χ2n) is 6.89. The predicted octanol–water partition coefficient (Wildman–Crippen LogP) is 5.40. The van der Waals surface area contributed by atoms with Crippen molar-refractivity contribution in [2.75, 3.05) is 27.8 Å². The number of benzene rings is 3. The van der Waals surface area contributed by atoms with Gasteiger partial charge in [0.05, 0.1) is 0 Å². The monoisotopic (exact) mass is 434 g/mol. The number of phenolic OH excluding ortho intramolecular Hbond substituents is 2. The summed E-state index contributed by atoms with van der Waals surface area (Å²) < 4.78 is 20.5. The molecule has 0 amide bonds. The van der Waals surface area contributed by atoms with Gasteiger partial charge in [-0.1, -0.05) is 60.7 Å². The van der Waals surface area contributed by atoms with E-state index in [4.69, 9.17) is 18.9 Å². The first kappa shape index (κ1) is 22.9. The molecule has 2 N–H and O–H groups in total. The minimum Gasteiger partial charge on any atom is -0.504 e. The van der Waals surface area contributed by atoms with E-state index in [0.29, 0.717) is 11.5 Å². The van der Waals surface area contributed by atoms with Crippen molar-refractivity contribution in [3.63, 3.8) is 0 Å². The van der Waals surface area contributed by atoms with Crippen molar-refractivity contribution < 1.29 is 29.2 Å². The van der Waals surface area contributed by atoms with Crippen LogP contribution < -0.4 is 9.47 Å². The van der Waals surface area contributed by atoms with E-state index in [2.05, 4.69) is 0 Å². The summed E-state index contributed by atoms with van der Waals surface area (Å²) >= 11 is 0. The molecule has 0 aliphatic rings. The van der Waals surface area contributed by atoms with E-state index in [1.165, 1.54) is 14.2 Å². The van der Waals surface area contributed by atoms with E-state index < -0.39 is 0 Å². The molecule has 3 rings (SSSR count). The number of ether oxygens (including phenoxy) is 4. The molecule has 3 aromatic carbocycles. The lowest BCUT2D eigenvalue weighted by atomic mass is 10.1. The Morgan fingerprint density at radius 3 is 1.28 bits per heavy atom. The average Bonchev–Trinajstić information content (AvgIpc) is 2.82. The van der Waals surface area contributed by atoms with Gasteiger partial charge >= 0.3 is 0 Å².